The van der Waals surface area contributed by atoms with Crippen molar-refractivity contribution >= 4 is 5.91 Å². The lowest BCUT2D eigenvalue weighted by atomic mass is 10.1. The monoisotopic (exact) mass is 297 g/mol. The van der Waals surface area contributed by atoms with Gasteiger partial charge in [0.25, 0.3) is 5.91 Å². The number of amides is 1. The minimum atomic E-state index is 0.0808. The molecule has 2 aromatic rings. The maximum atomic E-state index is 12.3. The van der Waals surface area contributed by atoms with E-state index in [2.05, 4.69) is 0 Å². The van der Waals surface area contributed by atoms with Crippen LogP contribution in [0.5, 0.6) is 11.5 Å². The highest BCUT2D eigenvalue weighted by molar-refractivity contribution is 5.98. The zero-order valence-electron chi connectivity index (χ0n) is 12.6. The van der Waals surface area contributed by atoms with Crippen LogP contribution in [0, 0.1) is 0 Å². The molecule has 0 aliphatic carbocycles. The fourth-order valence-corrected chi connectivity index (χ4v) is 2.61. The Kier molecular flexibility index (Phi) is 4.28. The zero-order chi connectivity index (χ0) is 15.4. The first-order valence-corrected chi connectivity index (χ1v) is 7.51. The summed E-state index contributed by atoms with van der Waals surface area (Å²) in [6.07, 6.45) is 0. The molecule has 4 nitrogen and oxygen atoms in total. The van der Waals surface area contributed by atoms with E-state index in [0.29, 0.717) is 32.1 Å². The molecule has 0 fully saturated rings. The van der Waals surface area contributed by atoms with E-state index in [0.717, 1.165) is 16.9 Å². The molecular weight excluding hydrogens is 278 g/mol. The summed E-state index contributed by atoms with van der Waals surface area (Å²) >= 11 is 0. The maximum Gasteiger partial charge on any atom is 0.254 e. The fourth-order valence-electron chi connectivity index (χ4n) is 2.61. The van der Waals surface area contributed by atoms with Crippen LogP contribution in [-0.2, 0) is 6.54 Å². The minimum Gasteiger partial charge on any atom is -0.490 e. The molecule has 0 N–H and O–H groups in total. The zero-order valence-corrected chi connectivity index (χ0v) is 12.6. The van der Waals surface area contributed by atoms with Crippen LogP contribution >= 0.6 is 0 Å². The quantitative estimate of drug-likeness (QED) is 0.822. The molecule has 2 aromatic carbocycles. The molecule has 0 radical (unpaired) electrons. The van der Waals surface area contributed by atoms with Crippen LogP contribution in [0.4, 0.5) is 0 Å². The van der Waals surface area contributed by atoms with Gasteiger partial charge in [-0.25, -0.2) is 0 Å². The van der Waals surface area contributed by atoms with Gasteiger partial charge in [0.15, 0.2) is 11.5 Å². The van der Waals surface area contributed by atoms with E-state index in [9.17, 15) is 4.79 Å². The van der Waals surface area contributed by atoms with Crippen LogP contribution in [0.3, 0.4) is 0 Å². The maximum absolute atomic E-state index is 12.3. The predicted molar refractivity (Wildman–Crippen MR) is 84.3 cm³/mol. The smallest absolute Gasteiger partial charge is 0.254 e. The molecule has 114 valence electrons. The summed E-state index contributed by atoms with van der Waals surface area (Å²) in [5, 5.41) is 0. The minimum absolute atomic E-state index is 0.0808. The number of hydrogen-bond acceptors (Lipinski definition) is 3. The van der Waals surface area contributed by atoms with Gasteiger partial charge in [0, 0.05) is 12.1 Å². The second-order valence-electron chi connectivity index (χ2n) is 5.11. The number of nitrogens with zero attached hydrogens (tertiary/aromatic N) is 1. The van der Waals surface area contributed by atoms with Crippen molar-refractivity contribution in [1.29, 1.82) is 0 Å². The Morgan fingerprint density at radius 1 is 1.00 bits per heavy atom. The first kappa shape index (κ1) is 14.4. The largest absolute Gasteiger partial charge is 0.490 e. The highest BCUT2D eigenvalue weighted by Gasteiger charge is 2.26. The fraction of sp³-hybridized carbons (Fsp3) is 0.278. The molecule has 0 spiro atoms. The van der Waals surface area contributed by atoms with E-state index < -0.39 is 0 Å². The van der Waals surface area contributed by atoms with E-state index in [1.807, 2.05) is 60.4 Å². The summed E-state index contributed by atoms with van der Waals surface area (Å²) in [7, 11) is 0. The number of hydrogen-bond donors (Lipinski definition) is 0. The van der Waals surface area contributed by atoms with Gasteiger partial charge >= 0.3 is 0 Å². The Bertz CT molecular complexity index is 669. The molecule has 1 aliphatic rings. The summed E-state index contributed by atoms with van der Waals surface area (Å²) < 4.78 is 11.3. The third-order valence-corrected chi connectivity index (χ3v) is 3.66. The van der Waals surface area contributed by atoms with Gasteiger partial charge in [0.1, 0.15) is 6.61 Å². The van der Waals surface area contributed by atoms with Gasteiger partial charge in [-0.3, -0.25) is 4.79 Å². The van der Waals surface area contributed by atoms with Crippen molar-refractivity contribution in [3.05, 3.63) is 59.7 Å². The van der Waals surface area contributed by atoms with Crippen LogP contribution in [0.15, 0.2) is 48.5 Å². The van der Waals surface area contributed by atoms with Crippen molar-refractivity contribution in [1.82, 2.24) is 4.90 Å². The summed E-state index contributed by atoms with van der Waals surface area (Å²) in [5.41, 5.74) is 1.89. The average Bonchev–Trinajstić information content (AvgIpc) is 2.86. The second kappa shape index (κ2) is 6.52. The van der Waals surface area contributed by atoms with Crippen LogP contribution in [0.25, 0.3) is 0 Å². The predicted octanol–water partition coefficient (Wildman–Crippen LogP) is 3.12. The summed E-state index contributed by atoms with van der Waals surface area (Å²) in [6, 6.07) is 15.3. The van der Waals surface area contributed by atoms with Gasteiger partial charge in [-0.2, -0.15) is 0 Å². The van der Waals surface area contributed by atoms with Crippen molar-refractivity contribution in [3.63, 3.8) is 0 Å². The standard InChI is InChI=1S/C18H19NO3/c1-2-21-16-9-5-6-10-17(16)22-12-11-19-13-14-7-3-4-8-15(14)18(19)20/h3-10H,2,11-13H2,1H3. The van der Waals surface area contributed by atoms with Gasteiger partial charge in [0.2, 0.25) is 0 Å². The van der Waals surface area contributed by atoms with Crippen LogP contribution < -0.4 is 9.47 Å². The normalized spacial score (nSPS) is 13.1. The number of rotatable bonds is 6. The Labute approximate surface area is 130 Å². The van der Waals surface area contributed by atoms with Crippen molar-refractivity contribution in [2.75, 3.05) is 19.8 Å². The number of carbonyl (C=O) groups excluding carboxylic acids is 1. The molecule has 1 amide bonds. The SMILES string of the molecule is CCOc1ccccc1OCCN1Cc2ccccc2C1=O. The molecule has 3 rings (SSSR count). The summed E-state index contributed by atoms with van der Waals surface area (Å²) in [4.78, 5) is 14.1. The van der Waals surface area contributed by atoms with Gasteiger partial charge in [-0.1, -0.05) is 30.3 Å². The third-order valence-electron chi connectivity index (χ3n) is 3.66. The molecule has 1 heterocycles. The third kappa shape index (κ3) is 2.91. The number of para-hydroxylation sites is 2. The molecule has 1 aliphatic heterocycles. The van der Waals surface area contributed by atoms with Crippen LogP contribution in [0.1, 0.15) is 22.8 Å². The summed E-state index contributed by atoms with van der Waals surface area (Å²) in [5.74, 6) is 1.53. The molecule has 22 heavy (non-hydrogen) atoms. The number of benzene rings is 2. The van der Waals surface area contributed by atoms with Crippen molar-refractivity contribution in [3.8, 4) is 11.5 Å². The molecular formula is C18H19NO3. The molecule has 0 saturated carbocycles. The molecule has 0 aromatic heterocycles. The Morgan fingerprint density at radius 3 is 2.41 bits per heavy atom. The second-order valence-corrected chi connectivity index (χ2v) is 5.11. The van der Waals surface area contributed by atoms with Crippen molar-refractivity contribution < 1.29 is 14.3 Å². The van der Waals surface area contributed by atoms with Gasteiger partial charge in [0.05, 0.1) is 13.2 Å². The lowest BCUT2D eigenvalue weighted by Gasteiger charge is -2.17. The molecule has 0 atom stereocenters. The first-order chi connectivity index (χ1) is 10.8. The van der Waals surface area contributed by atoms with Crippen LogP contribution in [-0.4, -0.2) is 30.6 Å². The van der Waals surface area contributed by atoms with Crippen LogP contribution in [0.2, 0.25) is 0 Å². The molecule has 0 unspecified atom stereocenters. The van der Waals surface area contributed by atoms with Crippen molar-refractivity contribution in [2.24, 2.45) is 0 Å². The van der Waals surface area contributed by atoms with Crippen molar-refractivity contribution in [2.45, 2.75) is 13.5 Å². The summed E-state index contributed by atoms with van der Waals surface area (Å²) in [6.45, 7) is 4.21. The van der Waals surface area contributed by atoms with E-state index in [-0.39, 0.29) is 5.91 Å². The van der Waals surface area contributed by atoms with E-state index >= 15 is 0 Å². The number of ether oxygens (including phenoxy) is 2. The molecule has 0 bridgehead atoms. The average molecular weight is 297 g/mol. The highest BCUT2D eigenvalue weighted by atomic mass is 16.5. The highest BCUT2D eigenvalue weighted by Crippen LogP contribution is 2.27. The lowest BCUT2D eigenvalue weighted by Crippen LogP contribution is -2.28. The topological polar surface area (TPSA) is 38.8 Å². The van der Waals surface area contributed by atoms with E-state index in [4.69, 9.17) is 9.47 Å². The number of carbonyl (C=O) groups is 1. The Hall–Kier alpha value is -2.49. The van der Waals surface area contributed by atoms with E-state index in [1.165, 1.54) is 0 Å². The molecule has 4 heteroatoms. The molecule has 0 saturated heterocycles. The van der Waals surface area contributed by atoms with E-state index in [1.54, 1.807) is 0 Å². The van der Waals surface area contributed by atoms with Gasteiger partial charge < -0.3 is 14.4 Å². The Balaban J connectivity index is 1.58. The number of fused-ring (bicyclic) bond motifs is 1. The first-order valence-electron chi connectivity index (χ1n) is 7.51. The van der Waals surface area contributed by atoms with Gasteiger partial charge in [-0.15, -0.1) is 0 Å². The lowest BCUT2D eigenvalue weighted by molar-refractivity contribution is 0.0753. The van der Waals surface area contributed by atoms with Gasteiger partial charge in [-0.05, 0) is 30.7 Å². The Morgan fingerprint density at radius 2 is 1.68 bits per heavy atom.